The summed E-state index contributed by atoms with van der Waals surface area (Å²) in [6, 6.07) is 4.44. The summed E-state index contributed by atoms with van der Waals surface area (Å²) in [7, 11) is 0. The molecule has 1 aliphatic heterocycles. The maximum Gasteiger partial charge on any atom is 0.229 e. The summed E-state index contributed by atoms with van der Waals surface area (Å²) < 4.78 is 77.5. The van der Waals surface area contributed by atoms with E-state index in [1.54, 1.807) is 0 Å². The van der Waals surface area contributed by atoms with Gasteiger partial charge in [0, 0.05) is 23.7 Å². The standard InChI is InChI=1S/C17H12F5NO3/c18-13-9(14(19)16(21)17(22)15(13)20)7-12(24)23-8-2-3-10-11(6-8)26-5-1-4-25-10/h2-3,6H,1,4-5,7H2,(H,23,24). The highest BCUT2D eigenvalue weighted by atomic mass is 19.2. The van der Waals surface area contributed by atoms with E-state index in [0.717, 1.165) is 0 Å². The second-order valence-electron chi connectivity index (χ2n) is 5.49. The van der Waals surface area contributed by atoms with Gasteiger partial charge in [-0.1, -0.05) is 0 Å². The number of nitrogens with one attached hydrogen (secondary N) is 1. The summed E-state index contributed by atoms with van der Waals surface area (Å²) in [6.45, 7) is 0.883. The van der Waals surface area contributed by atoms with Crippen LogP contribution in [0.25, 0.3) is 0 Å². The summed E-state index contributed by atoms with van der Waals surface area (Å²) in [5.41, 5.74) is -0.976. The molecule has 2 aromatic carbocycles. The number of benzene rings is 2. The van der Waals surface area contributed by atoms with Gasteiger partial charge in [-0.15, -0.1) is 0 Å². The van der Waals surface area contributed by atoms with Crippen molar-refractivity contribution in [2.45, 2.75) is 12.8 Å². The van der Waals surface area contributed by atoms with E-state index in [1.165, 1.54) is 18.2 Å². The monoisotopic (exact) mass is 373 g/mol. The van der Waals surface area contributed by atoms with Crippen molar-refractivity contribution >= 4 is 11.6 Å². The zero-order valence-corrected chi connectivity index (χ0v) is 13.2. The number of halogens is 5. The highest BCUT2D eigenvalue weighted by Gasteiger charge is 2.27. The van der Waals surface area contributed by atoms with Crippen molar-refractivity contribution in [3.05, 3.63) is 52.8 Å². The quantitative estimate of drug-likeness (QED) is 0.507. The molecule has 0 atom stereocenters. The smallest absolute Gasteiger partial charge is 0.229 e. The third kappa shape index (κ3) is 3.42. The van der Waals surface area contributed by atoms with E-state index < -0.39 is 47.0 Å². The number of carbonyl (C=O) groups excluding carboxylic acids is 1. The van der Waals surface area contributed by atoms with E-state index in [-0.39, 0.29) is 5.69 Å². The number of rotatable bonds is 3. The van der Waals surface area contributed by atoms with Crippen LogP contribution >= 0.6 is 0 Å². The van der Waals surface area contributed by atoms with Gasteiger partial charge in [0.15, 0.2) is 34.8 Å². The molecule has 0 spiro atoms. The molecule has 0 aromatic heterocycles. The number of fused-ring (bicyclic) bond motifs is 1. The fourth-order valence-electron chi connectivity index (χ4n) is 2.41. The van der Waals surface area contributed by atoms with Gasteiger partial charge in [-0.25, -0.2) is 22.0 Å². The number of hydrogen-bond acceptors (Lipinski definition) is 3. The third-order valence-electron chi connectivity index (χ3n) is 3.67. The molecule has 1 amide bonds. The molecule has 0 saturated heterocycles. The minimum atomic E-state index is -2.27. The third-order valence-corrected chi connectivity index (χ3v) is 3.67. The van der Waals surface area contributed by atoms with E-state index in [2.05, 4.69) is 5.32 Å². The summed E-state index contributed by atoms with van der Waals surface area (Å²) in [5, 5.41) is 2.32. The first-order valence-corrected chi connectivity index (χ1v) is 7.58. The zero-order valence-electron chi connectivity index (χ0n) is 13.2. The van der Waals surface area contributed by atoms with E-state index in [9.17, 15) is 26.7 Å². The molecule has 0 aliphatic carbocycles. The van der Waals surface area contributed by atoms with Gasteiger partial charge in [-0.3, -0.25) is 4.79 Å². The molecule has 1 aliphatic rings. The van der Waals surface area contributed by atoms with Crippen molar-refractivity contribution in [2.24, 2.45) is 0 Å². The second-order valence-corrected chi connectivity index (χ2v) is 5.49. The molecule has 138 valence electrons. The Morgan fingerprint density at radius 3 is 2.12 bits per heavy atom. The molecule has 2 aromatic rings. The van der Waals surface area contributed by atoms with E-state index in [4.69, 9.17) is 9.47 Å². The summed E-state index contributed by atoms with van der Waals surface area (Å²) >= 11 is 0. The van der Waals surface area contributed by atoms with Crippen LogP contribution in [0.3, 0.4) is 0 Å². The lowest BCUT2D eigenvalue weighted by Gasteiger charge is -2.11. The van der Waals surface area contributed by atoms with Gasteiger partial charge in [0.2, 0.25) is 11.7 Å². The van der Waals surface area contributed by atoms with Crippen molar-refractivity contribution in [1.29, 1.82) is 0 Å². The highest BCUT2D eigenvalue weighted by Crippen LogP contribution is 2.32. The Balaban J connectivity index is 1.79. The Morgan fingerprint density at radius 1 is 0.885 bits per heavy atom. The highest BCUT2D eigenvalue weighted by molar-refractivity contribution is 5.92. The molecular formula is C17H12F5NO3. The number of anilines is 1. The minimum absolute atomic E-state index is 0.225. The number of carbonyl (C=O) groups is 1. The largest absolute Gasteiger partial charge is 0.490 e. The van der Waals surface area contributed by atoms with Crippen molar-refractivity contribution in [1.82, 2.24) is 0 Å². The fraction of sp³-hybridized carbons (Fsp3) is 0.235. The maximum absolute atomic E-state index is 13.6. The fourth-order valence-corrected chi connectivity index (χ4v) is 2.41. The molecule has 0 radical (unpaired) electrons. The number of ether oxygens (including phenoxy) is 2. The Hall–Kier alpha value is -2.84. The van der Waals surface area contributed by atoms with Crippen LogP contribution in [0.4, 0.5) is 27.6 Å². The normalized spacial score (nSPS) is 13.3. The Bertz CT molecular complexity index is 843. The number of hydrogen-bond donors (Lipinski definition) is 1. The van der Waals surface area contributed by atoms with Gasteiger partial charge in [0.05, 0.1) is 19.6 Å². The van der Waals surface area contributed by atoms with E-state index in [0.29, 0.717) is 31.1 Å². The van der Waals surface area contributed by atoms with Crippen LogP contribution < -0.4 is 14.8 Å². The van der Waals surface area contributed by atoms with Gasteiger partial charge in [-0.05, 0) is 12.1 Å². The minimum Gasteiger partial charge on any atom is -0.490 e. The van der Waals surface area contributed by atoms with Crippen LogP contribution in [-0.4, -0.2) is 19.1 Å². The van der Waals surface area contributed by atoms with Crippen LogP contribution in [0, 0.1) is 29.1 Å². The van der Waals surface area contributed by atoms with Gasteiger partial charge in [0.25, 0.3) is 0 Å². The molecule has 9 heteroatoms. The molecule has 0 bridgehead atoms. The average Bonchev–Trinajstić information content (AvgIpc) is 2.87. The SMILES string of the molecule is O=C(Cc1c(F)c(F)c(F)c(F)c1F)Nc1ccc2c(c1)OCCCO2. The molecule has 26 heavy (non-hydrogen) atoms. The molecule has 1 N–H and O–H groups in total. The lowest BCUT2D eigenvalue weighted by atomic mass is 10.1. The maximum atomic E-state index is 13.6. The van der Waals surface area contributed by atoms with Crippen LogP contribution in [0.5, 0.6) is 11.5 Å². The number of amides is 1. The van der Waals surface area contributed by atoms with Crippen molar-refractivity contribution in [2.75, 3.05) is 18.5 Å². The van der Waals surface area contributed by atoms with Crippen LogP contribution in [-0.2, 0) is 11.2 Å². The first kappa shape index (κ1) is 18.0. The van der Waals surface area contributed by atoms with E-state index in [1.807, 2.05) is 0 Å². The van der Waals surface area contributed by atoms with Crippen LogP contribution in [0.1, 0.15) is 12.0 Å². The Labute approximate surface area is 144 Å². The Kier molecular flexibility index (Phi) is 4.97. The molecule has 0 fully saturated rings. The van der Waals surface area contributed by atoms with Gasteiger partial charge >= 0.3 is 0 Å². The molecule has 1 heterocycles. The van der Waals surface area contributed by atoms with Crippen molar-refractivity contribution in [3.8, 4) is 11.5 Å². The lowest BCUT2D eigenvalue weighted by Crippen LogP contribution is -2.18. The predicted molar refractivity (Wildman–Crippen MR) is 80.6 cm³/mol. The molecule has 0 unspecified atom stereocenters. The average molecular weight is 373 g/mol. The van der Waals surface area contributed by atoms with E-state index >= 15 is 0 Å². The van der Waals surface area contributed by atoms with Crippen molar-refractivity contribution in [3.63, 3.8) is 0 Å². The van der Waals surface area contributed by atoms with Gasteiger partial charge < -0.3 is 14.8 Å². The molecule has 4 nitrogen and oxygen atoms in total. The molecule has 3 rings (SSSR count). The zero-order chi connectivity index (χ0) is 18.8. The lowest BCUT2D eigenvalue weighted by molar-refractivity contribution is -0.115. The van der Waals surface area contributed by atoms with Crippen LogP contribution in [0.2, 0.25) is 0 Å². The predicted octanol–water partition coefficient (Wildman–Crippen LogP) is 3.72. The summed E-state index contributed by atoms with van der Waals surface area (Å²) in [6.07, 6.45) is -0.350. The summed E-state index contributed by atoms with van der Waals surface area (Å²) in [5.74, 6) is -10.6. The summed E-state index contributed by atoms with van der Waals surface area (Å²) in [4.78, 5) is 12.0. The first-order chi connectivity index (χ1) is 12.4. The van der Waals surface area contributed by atoms with Gasteiger partial charge in [-0.2, -0.15) is 0 Å². The van der Waals surface area contributed by atoms with Gasteiger partial charge in [0.1, 0.15) is 0 Å². The molecular weight excluding hydrogens is 361 g/mol. The van der Waals surface area contributed by atoms with Crippen LogP contribution in [0.15, 0.2) is 18.2 Å². The topological polar surface area (TPSA) is 47.6 Å². The second kappa shape index (κ2) is 7.19. The Morgan fingerprint density at radius 2 is 1.46 bits per heavy atom. The molecule has 0 saturated carbocycles. The first-order valence-electron chi connectivity index (χ1n) is 7.58. The van der Waals surface area contributed by atoms with Crippen molar-refractivity contribution < 1.29 is 36.2 Å².